The van der Waals surface area contributed by atoms with Crippen LogP contribution in [0, 0.1) is 0 Å². The van der Waals surface area contributed by atoms with Crippen molar-refractivity contribution in [2.24, 2.45) is 0 Å². The number of amides is 2. The summed E-state index contributed by atoms with van der Waals surface area (Å²) in [7, 11) is 0. The average molecular weight is 367 g/mol. The van der Waals surface area contributed by atoms with Crippen LogP contribution in [0.2, 0.25) is 0 Å². The number of thioether (sulfide) groups is 1. The maximum Gasteiger partial charge on any atom is 0.286 e. The quantitative estimate of drug-likeness (QED) is 0.890. The van der Waals surface area contributed by atoms with E-state index in [-0.39, 0.29) is 17.3 Å². The Bertz CT molecular complexity index is 852. The van der Waals surface area contributed by atoms with Gasteiger partial charge in [-0.2, -0.15) is 0 Å². The highest BCUT2D eigenvalue weighted by Crippen LogP contribution is 2.36. The molecule has 1 fully saturated rings. The lowest BCUT2D eigenvalue weighted by molar-refractivity contribution is -0.121. The topological polar surface area (TPSA) is 55.4 Å². The van der Waals surface area contributed by atoms with Crippen molar-refractivity contribution in [1.82, 2.24) is 5.32 Å². The van der Waals surface area contributed by atoms with Gasteiger partial charge in [0.05, 0.1) is 0 Å². The summed E-state index contributed by atoms with van der Waals surface area (Å²) in [5.41, 5.74) is 3.54. The predicted octanol–water partition coefficient (Wildman–Crippen LogP) is 3.91. The maximum absolute atomic E-state index is 12.0. The first-order valence-electron chi connectivity index (χ1n) is 8.89. The summed E-state index contributed by atoms with van der Waals surface area (Å²) >= 11 is 1.08. The van der Waals surface area contributed by atoms with Gasteiger partial charge in [-0.3, -0.25) is 14.9 Å². The summed E-state index contributed by atoms with van der Waals surface area (Å²) in [5.74, 6) is 0.732. The lowest BCUT2D eigenvalue weighted by Gasteiger charge is -2.27. The summed E-state index contributed by atoms with van der Waals surface area (Å²) in [6.07, 6.45) is 3.60. The van der Waals surface area contributed by atoms with Gasteiger partial charge in [-0.05, 0) is 60.7 Å². The molecule has 2 aromatic rings. The molecule has 2 atom stereocenters. The molecule has 4 rings (SSSR count). The van der Waals surface area contributed by atoms with Gasteiger partial charge in [0.1, 0.15) is 16.6 Å². The van der Waals surface area contributed by atoms with E-state index >= 15 is 0 Å². The molecule has 2 amide bonds. The van der Waals surface area contributed by atoms with Crippen molar-refractivity contribution >= 4 is 22.9 Å². The first-order chi connectivity index (χ1) is 12.5. The Morgan fingerprint density at radius 2 is 1.96 bits per heavy atom. The third kappa shape index (κ3) is 3.49. The van der Waals surface area contributed by atoms with Crippen molar-refractivity contribution in [3.8, 4) is 5.75 Å². The number of rotatable bonds is 4. The second-order valence-electron chi connectivity index (χ2n) is 7.16. The third-order valence-electron chi connectivity index (χ3n) is 5.02. The van der Waals surface area contributed by atoms with Crippen LogP contribution in [-0.2, 0) is 24.1 Å². The van der Waals surface area contributed by atoms with Crippen LogP contribution in [0.15, 0.2) is 48.5 Å². The van der Waals surface area contributed by atoms with E-state index in [1.807, 2.05) is 25.1 Å². The average Bonchev–Trinajstić information content (AvgIpc) is 2.87. The number of fused-ring (bicyclic) bond motifs is 1. The number of nitrogens with one attached hydrogen (secondary N) is 1. The zero-order chi connectivity index (χ0) is 18.1. The second kappa shape index (κ2) is 6.80. The molecular weight excluding hydrogens is 346 g/mol. The lowest BCUT2D eigenvalue weighted by atomic mass is 9.93. The Morgan fingerprint density at radius 3 is 2.69 bits per heavy atom. The van der Waals surface area contributed by atoms with Crippen LogP contribution >= 0.6 is 11.8 Å². The van der Waals surface area contributed by atoms with Crippen molar-refractivity contribution in [2.45, 2.75) is 43.5 Å². The van der Waals surface area contributed by atoms with Crippen LogP contribution in [0.1, 0.15) is 30.0 Å². The number of carbonyl (C=O) groups is 2. The number of imide groups is 1. The maximum atomic E-state index is 12.0. The summed E-state index contributed by atoms with van der Waals surface area (Å²) in [4.78, 5) is 23.5. The first kappa shape index (κ1) is 17.2. The highest BCUT2D eigenvalue weighted by atomic mass is 32.2. The van der Waals surface area contributed by atoms with Gasteiger partial charge >= 0.3 is 0 Å². The highest BCUT2D eigenvalue weighted by Gasteiger charge is 2.43. The van der Waals surface area contributed by atoms with Crippen molar-refractivity contribution in [3.05, 3.63) is 65.2 Å². The Labute approximate surface area is 157 Å². The van der Waals surface area contributed by atoms with Gasteiger partial charge in [0, 0.05) is 6.42 Å². The van der Waals surface area contributed by atoms with E-state index in [1.165, 1.54) is 11.1 Å². The van der Waals surface area contributed by atoms with Gasteiger partial charge in [0.15, 0.2) is 0 Å². The molecule has 0 unspecified atom stereocenters. The minimum absolute atomic E-state index is 0.196. The van der Waals surface area contributed by atoms with Crippen LogP contribution in [0.25, 0.3) is 0 Å². The van der Waals surface area contributed by atoms with Gasteiger partial charge in [-0.15, -0.1) is 0 Å². The van der Waals surface area contributed by atoms with Crippen molar-refractivity contribution in [3.63, 3.8) is 0 Å². The molecule has 0 bridgehead atoms. The third-order valence-corrected chi connectivity index (χ3v) is 6.08. The summed E-state index contributed by atoms with van der Waals surface area (Å²) in [6, 6.07) is 16.5. The molecule has 2 aliphatic heterocycles. The van der Waals surface area contributed by atoms with E-state index < -0.39 is 4.75 Å². The summed E-state index contributed by atoms with van der Waals surface area (Å²) in [6.45, 7) is 1.82. The molecule has 0 spiro atoms. The smallest absolute Gasteiger partial charge is 0.286 e. The van der Waals surface area contributed by atoms with Crippen molar-refractivity contribution < 1.29 is 14.3 Å². The minimum atomic E-state index is -0.726. The molecule has 2 heterocycles. The number of benzene rings is 2. The van der Waals surface area contributed by atoms with E-state index in [4.69, 9.17) is 4.74 Å². The molecule has 0 aliphatic carbocycles. The number of hydrogen-bond acceptors (Lipinski definition) is 4. The number of aryl methyl sites for hydroxylation is 1. The van der Waals surface area contributed by atoms with E-state index in [1.54, 1.807) is 0 Å². The monoisotopic (exact) mass is 367 g/mol. The van der Waals surface area contributed by atoms with Crippen LogP contribution in [0.4, 0.5) is 4.79 Å². The number of ether oxygens (including phenoxy) is 1. The van der Waals surface area contributed by atoms with Crippen molar-refractivity contribution in [1.29, 1.82) is 0 Å². The van der Waals surface area contributed by atoms with Gasteiger partial charge in [-0.1, -0.05) is 42.5 Å². The molecule has 2 aromatic carbocycles. The highest BCUT2D eigenvalue weighted by molar-refractivity contribution is 8.16. The molecular formula is C21H21NO3S. The van der Waals surface area contributed by atoms with E-state index in [0.29, 0.717) is 6.42 Å². The van der Waals surface area contributed by atoms with Crippen molar-refractivity contribution in [2.75, 3.05) is 0 Å². The fourth-order valence-electron chi connectivity index (χ4n) is 3.64. The first-order valence-corrected chi connectivity index (χ1v) is 9.70. The van der Waals surface area contributed by atoms with Crippen LogP contribution in [-0.4, -0.2) is 22.0 Å². The van der Waals surface area contributed by atoms with Gasteiger partial charge in [-0.25, -0.2) is 0 Å². The molecule has 26 heavy (non-hydrogen) atoms. The number of hydrogen-bond donors (Lipinski definition) is 1. The molecule has 0 aromatic heterocycles. The van der Waals surface area contributed by atoms with Crippen LogP contribution in [0.3, 0.4) is 0 Å². The van der Waals surface area contributed by atoms with Gasteiger partial charge < -0.3 is 4.74 Å². The zero-order valence-electron chi connectivity index (χ0n) is 14.7. The molecule has 1 saturated heterocycles. The van der Waals surface area contributed by atoms with E-state index in [2.05, 4.69) is 35.6 Å². The van der Waals surface area contributed by atoms with Crippen LogP contribution < -0.4 is 10.1 Å². The zero-order valence-corrected chi connectivity index (χ0v) is 15.5. The Kier molecular flexibility index (Phi) is 4.49. The minimum Gasteiger partial charge on any atom is -0.490 e. The molecule has 2 aliphatic rings. The lowest BCUT2D eigenvalue weighted by Crippen LogP contribution is -2.35. The Balaban J connectivity index is 1.46. The summed E-state index contributed by atoms with van der Waals surface area (Å²) < 4.78 is 5.46. The fraction of sp³-hybridized carbons (Fsp3) is 0.333. The second-order valence-corrected chi connectivity index (χ2v) is 8.64. The molecule has 0 radical (unpaired) electrons. The Morgan fingerprint density at radius 1 is 1.15 bits per heavy atom. The summed E-state index contributed by atoms with van der Waals surface area (Å²) in [5, 5.41) is 2.12. The SMILES string of the molecule is C[C@]1(Cc2ccc3c(c2)CC[C@H](Cc2ccccc2)O3)SC(=O)NC1=O. The van der Waals surface area contributed by atoms with Crippen LogP contribution in [0.5, 0.6) is 5.75 Å². The molecule has 4 nitrogen and oxygen atoms in total. The number of carbonyl (C=O) groups excluding carboxylic acids is 2. The molecule has 1 N–H and O–H groups in total. The van der Waals surface area contributed by atoms with Gasteiger partial charge in [0.25, 0.3) is 5.24 Å². The standard InChI is InChI=1S/C21H21NO3S/c1-21(19(23)22-20(24)26-21)13-15-7-10-18-16(11-15)8-9-17(25-18)12-14-5-3-2-4-6-14/h2-7,10-11,17H,8-9,12-13H2,1H3,(H,22,23,24)/t17-,21-/m1/s1. The van der Waals surface area contributed by atoms with E-state index in [0.717, 1.165) is 42.3 Å². The molecule has 0 saturated carbocycles. The predicted molar refractivity (Wildman–Crippen MR) is 103 cm³/mol. The Hall–Kier alpha value is -2.27. The normalized spacial score (nSPS) is 24.7. The van der Waals surface area contributed by atoms with E-state index in [9.17, 15) is 9.59 Å². The van der Waals surface area contributed by atoms with Gasteiger partial charge in [0.2, 0.25) is 5.91 Å². The largest absolute Gasteiger partial charge is 0.490 e. The molecule has 134 valence electrons. The fourth-order valence-corrected chi connectivity index (χ4v) is 4.57. The molecule has 5 heteroatoms.